The Bertz CT molecular complexity index is 651. The highest BCUT2D eigenvalue weighted by atomic mass is 16.2. The molecule has 3 N–H and O–H groups in total. The second-order valence-corrected chi connectivity index (χ2v) is 7.26. The van der Waals surface area contributed by atoms with Crippen molar-refractivity contribution in [1.82, 2.24) is 20.9 Å². The van der Waals surface area contributed by atoms with Gasteiger partial charge in [0.1, 0.15) is 0 Å². The largest absolute Gasteiger partial charge is 0.336 e. The molecule has 25 heavy (non-hydrogen) atoms. The van der Waals surface area contributed by atoms with Gasteiger partial charge in [-0.15, -0.1) is 0 Å². The number of aryl methyl sites for hydroxylation is 1. The minimum Gasteiger partial charge on any atom is -0.336 e. The summed E-state index contributed by atoms with van der Waals surface area (Å²) < 4.78 is 0. The lowest BCUT2D eigenvalue weighted by atomic mass is 9.81. The number of hydrogen-bond donors (Lipinski definition) is 3. The minimum atomic E-state index is -0.417. The van der Waals surface area contributed by atoms with E-state index in [9.17, 15) is 14.4 Å². The van der Waals surface area contributed by atoms with Crippen LogP contribution in [0, 0.1) is 12.3 Å². The number of benzene rings is 1. The lowest BCUT2D eigenvalue weighted by Crippen LogP contribution is -2.45. The number of hydrogen-bond acceptors (Lipinski definition) is 3. The Kier molecular flexibility index (Phi) is 5.66. The molecule has 1 unspecified atom stereocenters. The molecular weight excluding hydrogens is 320 g/mol. The Labute approximate surface area is 148 Å². The fraction of sp³-hybridized carbons (Fsp3) is 0.500. The van der Waals surface area contributed by atoms with Gasteiger partial charge in [-0.3, -0.25) is 9.69 Å². The molecule has 2 rings (SSSR count). The number of amides is 5. The maximum Gasteiger partial charge on any atom is 0.324 e. The van der Waals surface area contributed by atoms with Crippen molar-refractivity contribution < 1.29 is 14.4 Å². The molecule has 1 aliphatic rings. The van der Waals surface area contributed by atoms with Crippen molar-refractivity contribution in [3.8, 4) is 0 Å². The molecule has 1 aromatic carbocycles. The monoisotopic (exact) mass is 346 g/mol. The first-order valence-electron chi connectivity index (χ1n) is 8.38. The van der Waals surface area contributed by atoms with Crippen molar-refractivity contribution in [2.24, 2.45) is 5.41 Å². The predicted molar refractivity (Wildman–Crippen MR) is 95.0 cm³/mol. The third-order valence-corrected chi connectivity index (χ3v) is 4.20. The van der Waals surface area contributed by atoms with Crippen LogP contribution >= 0.6 is 0 Å². The Morgan fingerprint density at radius 1 is 1.28 bits per heavy atom. The normalized spacial score (nSPS) is 15.8. The summed E-state index contributed by atoms with van der Waals surface area (Å²) in [6.45, 7) is 8.60. The van der Waals surface area contributed by atoms with Gasteiger partial charge in [0, 0.05) is 13.1 Å². The van der Waals surface area contributed by atoms with E-state index in [2.05, 4.69) is 36.7 Å². The average Bonchev–Trinajstić information content (AvgIpc) is 2.84. The SMILES string of the molecule is Cc1ccccc1C(NC(=O)NCCN1C(=O)CNC1=O)C(C)(C)C. The quantitative estimate of drug-likeness (QED) is 0.712. The summed E-state index contributed by atoms with van der Waals surface area (Å²) in [7, 11) is 0. The van der Waals surface area contributed by atoms with E-state index in [1.807, 2.05) is 31.2 Å². The van der Waals surface area contributed by atoms with Gasteiger partial charge in [0.05, 0.1) is 12.6 Å². The lowest BCUT2D eigenvalue weighted by molar-refractivity contribution is -0.124. The van der Waals surface area contributed by atoms with Crippen molar-refractivity contribution in [2.45, 2.75) is 33.7 Å². The van der Waals surface area contributed by atoms with Crippen LogP contribution in [0.25, 0.3) is 0 Å². The van der Waals surface area contributed by atoms with Crippen LogP contribution in [0.2, 0.25) is 0 Å². The molecule has 1 aromatic rings. The number of urea groups is 2. The molecule has 0 bridgehead atoms. The van der Waals surface area contributed by atoms with E-state index in [0.717, 1.165) is 16.0 Å². The molecule has 7 nitrogen and oxygen atoms in total. The van der Waals surface area contributed by atoms with E-state index in [0.29, 0.717) is 0 Å². The highest BCUT2D eigenvalue weighted by Crippen LogP contribution is 2.34. The van der Waals surface area contributed by atoms with Gasteiger partial charge in [-0.25, -0.2) is 9.59 Å². The summed E-state index contributed by atoms with van der Waals surface area (Å²) in [6.07, 6.45) is 0. The average molecular weight is 346 g/mol. The summed E-state index contributed by atoms with van der Waals surface area (Å²) in [5.41, 5.74) is 2.01. The van der Waals surface area contributed by atoms with Gasteiger partial charge >= 0.3 is 12.1 Å². The first-order chi connectivity index (χ1) is 11.7. The highest BCUT2D eigenvalue weighted by molar-refractivity contribution is 6.01. The van der Waals surface area contributed by atoms with Crippen molar-refractivity contribution in [1.29, 1.82) is 0 Å². The minimum absolute atomic E-state index is 0.0183. The van der Waals surface area contributed by atoms with Crippen LogP contribution < -0.4 is 16.0 Å². The topological polar surface area (TPSA) is 90.5 Å². The third-order valence-electron chi connectivity index (χ3n) is 4.20. The van der Waals surface area contributed by atoms with Gasteiger partial charge in [-0.2, -0.15) is 0 Å². The van der Waals surface area contributed by atoms with E-state index in [-0.39, 0.29) is 43.0 Å². The zero-order chi connectivity index (χ0) is 18.6. The fourth-order valence-electron chi connectivity index (χ4n) is 2.82. The summed E-state index contributed by atoms with van der Waals surface area (Å²) in [5.74, 6) is -0.278. The summed E-state index contributed by atoms with van der Waals surface area (Å²) in [5, 5.41) is 8.17. The predicted octanol–water partition coefficient (Wildman–Crippen LogP) is 1.93. The number of nitrogens with zero attached hydrogens (tertiary/aromatic N) is 1. The molecule has 7 heteroatoms. The summed E-state index contributed by atoms with van der Waals surface area (Å²) in [6, 6.07) is 7.05. The third kappa shape index (κ3) is 4.71. The Balaban J connectivity index is 1.95. The van der Waals surface area contributed by atoms with E-state index in [1.165, 1.54) is 0 Å². The van der Waals surface area contributed by atoms with Gasteiger partial charge in [0.25, 0.3) is 0 Å². The number of carbonyl (C=O) groups is 3. The van der Waals surface area contributed by atoms with E-state index >= 15 is 0 Å². The van der Waals surface area contributed by atoms with Crippen LogP contribution in [0.3, 0.4) is 0 Å². The molecule has 1 heterocycles. The van der Waals surface area contributed by atoms with Crippen molar-refractivity contribution >= 4 is 18.0 Å². The first kappa shape index (κ1) is 18.8. The van der Waals surface area contributed by atoms with Crippen LogP contribution in [-0.4, -0.2) is 42.5 Å². The molecule has 0 radical (unpaired) electrons. The molecule has 1 aliphatic heterocycles. The molecule has 136 valence electrons. The molecule has 1 saturated heterocycles. The molecule has 0 saturated carbocycles. The zero-order valence-electron chi connectivity index (χ0n) is 15.2. The van der Waals surface area contributed by atoms with E-state index in [1.54, 1.807) is 0 Å². The van der Waals surface area contributed by atoms with Crippen LogP contribution in [-0.2, 0) is 4.79 Å². The second kappa shape index (κ2) is 7.55. The standard InChI is InChI=1S/C18H26N4O3/c1-12-7-5-6-8-13(12)15(18(2,3)4)21-16(24)19-9-10-22-14(23)11-20-17(22)25/h5-8,15H,9-11H2,1-4H3,(H,20,25)(H2,19,21,24). The van der Waals surface area contributed by atoms with Gasteiger partial charge in [-0.1, -0.05) is 45.0 Å². The summed E-state index contributed by atoms with van der Waals surface area (Å²) >= 11 is 0. The molecule has 1 atom stereocenters. The number of nitrogens with one attached hydrogen (secondary N) is 3. The maximum absolute atomic E-state index is 12.3. The molecule has 1 fully saturated rings. The lowest BCUT2D eigenvalue weighted by Gasteiger charge is -2.33. The van der Waals surface area contributed by atoms with Gasteiger partial charge in [0.15, 0.2) is 0 Å². The highest BCUT2D eigenvalue weighted by Gasteiger charge is 2.30. The zero-order valence-corrected chi connectivity index (χ0v) is 15.2. The van der Waals surface area contributed by atoms with Crippen molar-refractivity contribution in [3.05, 3.63) is 35.4 Å². The van der Waals surface area contributed by atoms with Crippen molar-refractivity contribution in [3.63, 3.8) is 0 Å². The first-order valence-corrected chi connectivity index (χ1v) is 8.38. The Morgan fingerprint density at radius 2 is 1.96 bits per heavy atom. The van der Waals surface area contributed by atoms with Gasteiger partial charge < -0.3 is 16.0 Å². The Hall–Kier alpha value is -2.57. The van der Waals surface area contributed by atoms with Crippen LogP contribution in [0.15, 0.2) is 24.3 Å². The number of carbonyl (C=O) groups excluding carboxylic acids is 3. The second-order valence-electron chi connectivity index (χ2n) is 7.26. The van der Waals surface area contributed by atoms with Gasteiger partial charge in [0.2, 0.25) is 5.91 Å². The fourth-order valence-corrected chi connectivity index (χ4v) is 2.82. The molecule has 0 spiro atoms. The van der Waals surface area contributed by atoms with E-state index < -0.39 is 6.03 Å². The molecule has 0 aliphatic carbocycles. The van der Waals surface area contributed by atoms with Crippen LogP contribution in [0.4, 0.5) is 9.59 Å². The molecule has 5 amide bonds. The van der Waals surface area contributed by atoms with Gasteiger partial charge in [-0.05, 0) is 23.5 Å². The maximum atomic E-state index is 12.3. The smallest absolute Gasteiger partial charge is 0.324 e. The Morgan fingerprint density at radius 3 is 2.52 bits per heavy atom. The van der Waals surface area contributed by atoms with Crippen LogP contribution in [0.1, 0.15) is 37.9 Å². The number of rotatable bonds is 5. The van der Waals surface area contributed by atoms with Crippen molar-refractivity contribution in [2.75, 3.05) is 19.6 Å². The summed E-state index contributed by atoms with van der Waals surface area (Å²) in [4.78, 5) is 36.4. The number of imide groups is 1. The van der Waals surface area contributed by atoms with Crippen LogP contribution in [0.5, 0.6) is 0 Å². The molecule has 0 aromatic heterocycles. The van der Waals surface area contributed by atoms with E-state index in [4.69, 9.17) is 0 Å². The molecular formula is C18H26N4O3.